The molecule has 160 valence electrons. The van der Waals surface area contributed by atoms with Gasteiger partial charge in [0, 0.05) is 1.37 Å². The Morgan fingerprint density at radius 1 is 1.11 bits per heavy atom. The van der Waals surface area contributed by atoms with E-state index in [2.05, 4.69) is 40.7 Å². The molecule has 0 aromatic carbocycles. The van der Waals surface area contributed by atoms with Gasteiger partial charge in [-0.25, -0.2) is 0 Å². The second-order valence-corrected chi connectivity index (χ2v) is 12.0. The Labute approximate surface area is 176 Å². The maximum absolute atomic E-state index is 10.2. The Balaban J connectivity index is 1.53. The minimum absolute atomic E-state index is 0.111. The lowest BCUT2D eigenvalue weighted by molar-refractivity contribution is -0.0573. The van der Waals surface area contributed by atoms with Crippen molar-refractivity contribution >= 4 is 0 Å². The monoisotopic (exact) mass is 388 g/mol. The van der Waals surface area contributed by atoms with Crippen molar-refractivity contribution in [1.29, 1.82) is 0 Å². The van der Waals surface area contributed by atoms with Crippen LogP contribution in [0.3, 0.4) is 0 Å². The van der Waals surface area contributed by atoms with Gasteiger partial charge in [0.05, 0.1) is 6.10 Å². The Morgan fingerprint density at radius 2 is 1.89 bits per heavy atom. The van der Waals surface area contributed by atoms with Crippen LogP contribution in [0, 0.1) is 46.3 Å². The Kier molecular flexibility index (Phi) is 5.44. The lowest BCUT2D eigenvalue weighted by atomic mass is 9.47. The van der Waals surface area contributed by atoms with E-state index in [1.165, 1.54) is 44.9 Å². The first-order valence-corrected chi connectivity index (χ1v) is 12.5. The minimum atomic E-state index is -0.111. The molecule has 0 spiro atoms. The van der Waals surface area contributed by atoms with Crippen LogP contribution in [0.15, 0.2) is 11.6 Å². The molecule has 3 fully saturated rings. The highest BCUT2D eigenvalue weighted by Gasteiger charge is 2.59. The van der Waals surface area contributed by atoms with Crippen molar-refractivity contribution in [1.82, 2.24) is 0 Å². The summed E-state index contributed by atoms with van der Waals surface area (Å²) in [5.74, 6) is 4.38. The summed E-state index contributed by atoms with van der Waals surface area (Å²) in [5.41, 5.74) is 2.27. The van der Waals surface area contributed by atoms with Crippen molar-refractivity contribution in [3.8, 4) is 0 Å². The molecule has 1 nitrogen and oxygen atoms in total. The van der Waals surface area contributed by atoms with Gasteiger partial charge in [0.25, 0.3) is 0 Å². The molecule has 1 N–H and O–H groups in total. The molecule has 0 aromatic heterocycles. The zero-order valence-corrected chi connectivity index (χ0v) is 19.2. The third-order valence-corrected chi connectivity index (χ3v) is 9.97. The van der Waals surface area contributed by atoms with Crippen molar-refractivity contribution in [2.45, 2.75) is 111 Å². The summed E-state index contributed by atoms with van der Waals surface area (Å²) in [5, 5.41) is 10.2. The number of allylic oxidation sites excluding steroid dienone is 1. The minimum Gasteiger partial charge on any atom is -0.393 e. The molecule has 0 aromatic rings. The Morgan fingerprint density at radius 3 is 2.64 bits per heavy atom. The highest BCUT2D eigenvalue weighted by molar-refractivity contribution is 5.25. The molecular formula is C27H46O. The molecule has 4 aliphatic carbocycles. The van der Waals surface area contributed by atoms with Crippen LogP contribution in [0.25, 0.3) is 0 Å². The van der Waals surface area contributed by atoms with Gasteiger partial charge in [-0.15, -0.1) is 0 Å². The molecule has 4 aliphatic rings. The lowest BCUT2D eigenvalue weighted by Gasteiger charge is -2.58. The molecular weight excluding hydrogens is 340 g/mol. The quantitative estimate of drug-likeness (QED) is 0.487. The maximum Gasteiger partial charge on any atom is 0.0577 e. The molecule has 0 aliphatic heterocycles. The number of aliphatic hydroxyl groups excluding tert-OH is 1. The van der Waals surface area contributed by atoms with Crippen molar-refractivity contribution in [2.24, 2.45) is 46.3 Å². The first-order valence-electron chi connectivity index (χ1n) is 13.0. The van der Waals surface area contributed by atoms with E-state index in [-0.39, 0.29) is 12.5 Å². The van der Waals surface area contributed by atoms with Gasteiger partial charge < -0.3 is 5.11 Å². The van der Waals surface area contributed by atoms with Gasteiger partial charge in [0.15, 0.2) is 0 Å². The zero-order chi connectivity index (χ0) is 21.0. The molecule has 0 heterocycles. The number of aliphatic hydroxyl groups is 1. The largest absolute Gasteiger partial charge is 0.393 e. The lowest BCUT2D eigenvalue weighted by Crippen LogP contribution is -2.50. The summed E-state index contributed by atoms with van der Waals surface area (Å²) < 4.78 is 9.07. The summed E-state index contributed by atoms with van der Waals surface area (Å²) in [4.78, 5) is 0. The van der Waals surface area contributed by atoms with Crippen molar-refractivity contribution in [3.63, 3.8) is 0 Å². The van der Waals surface area contributed by atoms with E-state index in [0.29, 0.717) is 22.7 Å². The number of hydrogen-bond donors (Lipinski definition) is 1. The second kappa shape index (κ2) is 7.75. The second-order valence-electron chi connectivity index (χ2n) is 12.0. The SMILES string of the molecule is [3H]C1C[C@H]2[C@@H]3CC=C4C[C@@H](O)CC[C@]4(C)[C@H]3CC[C@]2(C)[C@H]1[C@H](C)CCCC(C)C. The molecule has 1 heteroatoms. The third-order valence-electron chi connectivity index (χ3n) is 9.97. The molecule has 0 radical (unpaired) electrons. The van der Waals surface area contributed by atoms with Crippen molar-refractivity contribution in [3.05, 3.63) is 11.6 Å². The maximum atomic E-state index is 10.2. The van der Waals surface area contributed by atoms with Crippen LogP contribution in [0.1, 0.15) is 107 Å². The van der Waals surface area contributed by atoms with Crippen LogP contribution in [0.4, 0.5) is 0 Å². The number of hydrogen-bond acceptors (Lipinski definition) is 1. The Hall–Kier alpha value is -0.300. The van der Waals surface area contributed by atoms with Crippen LogP contribution in [0.5, 0.6) is 0 Å². The first kappa shape index (κ1) is 19.7. The van der Waals surface area contributed by atoms with Crippen molar-refractivity contribution < 1.29 is 6.48 Å². The smallest absolute Gasteiger partial charge is 0.0577 e. The van der Waals surface area contributed by atoms with Gasteiger partial charge >= 0.3 is 0 Å². The fourth-order valence-corrected chi connectivity index (χ4v) is 8.32. The summed E-state index contributed by atoms with van der Waals surface area (Å²) in [7, 11) is 0. The van der Waals surface area contributed by atoms with Crippen LogP contribution in [-0.2, 0) is 0 Å². The van der Waals surface area contributed by atoms with E-state index in [4.69, 9.17) is 1.37 Å². The topological polar surface area (TPSA) is 20.2 Å². The molecule has 0 amide bonds. The first-order chi connectivity index (χ1) is 13.7. The molecule has 0 bridgehead atoms. The molecule has 9 atom stereocenters. The van der Waals surface area contributed by atoms with E-state index >= 15 is 0 Å². The predicted octanol–water partition coefficient (Wildman–Crippen LogP) is 7.39. The highest BCUT2D eigenvalue weighted by Crippen LogP contribution is 2.67. The summed E-state index contributed by atoms with van der Waals surface area (Å²) in [6.45, 7) is 12.2. The Bertz CT molecular complexity index is 626. The molecule has 1 unspecified atom stereocenters. The van der Waals surface area contributed by atoms with Gasteiger partial charge in [0.1, 0.15) is 0 Å². The van der Waals surface area contributed by atoms with Crippen LogP contribution < -0.4 is 0 Å². The molecule has 4 rings (SSSR count). The third kappa shape index (κ3) is 3.42. The van der Waals surface area contributed by atoms with Gasteiger partial charge in [0.2, 0.25) is 0 Å². The highest BCUT2D eigenvalue weighted by atomic mass is 16.3. The summed E-state index contributed by atoms with van der Waals surface area (Å²) in [6, 6.07) is 0. The predicted molar refractivity (Wildman–Crippen MR) is 119 cm³/mol. The van der Waals surface area contributed by atoms with E-state index in [1.54, 1.807) is 5.57 Å². The van der Waals surface area contributed by atoms with Gasteiger partial charge in [-0.1, -0.05) is 65.5 Å². The van der Waals surface area contributed by atoms with Gasteiger partial charge in [-0.3, -0.25) is 0 Å². The summed E-state index contributed by atoms with van der Waals surface area (Å²) >= 11 is 0. The van der Waals surface area contributed by atoms with E-state index in [0.717, 1.165) is 42.9 Å². The zero-order valence-electron chi connectivity index (χ0n) is 20.2. The fourth-order valence-electron chi connectivity index (χ4n) is 8.32. The van der Waals surface area contributed by atoms with Gasteiger partial charge in [-0.05, 0) is 97.7 Å². The molecule has 3 saturated carbocycles. The van der Waals surface area contributed by atoms with Gasteiger partial charge in [-0.2, -0.15) is 0 Å². The average molecular weight is 389 g/mol. The standard InChI is InChI=1S/C27H46O/c1-18(2)7-6-8-19(3)23-11-12-24-22-10-9-20-17-21(28)13-15-26(20,4)25(22)14-16-27(23,24)5/h9,18-19,21-25,28H,6-8,10-17H2,1-5H3/t19-,21+,22+,23-,24+,25+,26+,27-/m1/s1/i11T/t11?,19-,21+,22+,23-,24+,25+,26+,27-. The fraction of sp³-hybridized carbons (Fsp3) is 0.926. The molecule has 28 heavy (non-hydrogen) atoms. The van der Waals surface area contributed by atoms with E-state index in [1.807, 2.05) is 0 Å². The van der Waals surface area contributed by atoms with Crippen LogP contribution in [0.2, 0.25) is 0 Å². The van der Waals surface area contributed by atoms with Crippen LogP contribution >= 0.6 is 0 Å². The van der Waals surface area contributed by atoms with E-state index in [9.17, 15) is 5.11 Å². The van der Waals surface area contributed by atoms with Crippen molar-refractivity contribution in [2.75, 3.05) is 0 Å². The average Bonchev–Trinajstić information content (AvgIpc) is 2.92. The number of rotatable bonds is 5. The molecule has 0 saturated heterocycles. The number of fused-ring (bicyclic) bond motifs is 5. The van der Waals surface area contributed by atoms with Crippen LogP contribution in [-0.4, -0.2) is 11.2 Å². The summed E-state index contributed by atoms with van der Waals surface area (Å²) in [6.07, 6.45) is 14.7. The van der Waals surface area contributed by atoms with E-state index < -0.39 is 0 Å². The normalized spacial score (nSPS) is 49.7.